The fourth-order valence-electron chi connectivity index (χ4n) is 1.80. The summed E-state index contributed by atoms with van der Waals surface area (Å²) >= 11 is 0. The molecule has 96 valence electrons. The van der Waals surface area contributed by atoms with Gasteiger partial charge >= 0.3 is 10.2 Å². The molecule has 1 unspecified atom stereocenters. The molecule has 0 bridgehead atoms. The van der Waals surface area contributed by atoms with E-state index in [0.717, 1.165) is 4.90 Å². The normalized spacial score (nSPS) is 20.2. The summed E-state index contributed by atoms with van der Waals surface area (Å²) in [5, 5.41) is -1.40. The number of aromatic nitrogens is 1. The Hall–Kier alpha value is -1.83. The van der Waals surface area contributed by atoms with Crippen molar-refractivity contribution in [2.24, 2.45) is 0 Å². The number of rotatable bonds is 3. The predicted octanol–water partition coefficient (Wildman–Crippen LogP) is 0.299. The third kappa shape index (κ3) is 2.23. The Kier molecular flexibility index (Phi) is 3.12. The Balaban J connectivity index is 2.36. The van der Waals surface area contributed by atoms with Gasteiger partial charge in [0.1, 0.15) is 11.1 Å². The molecule has 0 aromatic carbocycles. The van der Waals surface area contributed by atoms with Gasteiger partial charge in [-0.3, -0.25) is 14.5 Å². The SMILES string of the molecule is O=Cc1cccnc1N1CC(S(=O)(=O)F)CC1=O. The van der Waals surface area contributed by atoms with Gasteiger partial charge in [-0.1, -0.05) is 0 Å². The Morgan fingerprint density at radius 1 is 1.50 bits per heavy atom. The average molecular weight is 272 g/mol. The van der Waals surface area contributed by atoms with Crippen LogP contribution in [0.2, 0.25) is 0 Å². The van der Waals surface area contributed by atoms with Crippen molar-refractivity contribution in [2.75, 3.05) is 11.4 Å². The lowest BCUT2D eigenvalue weighted by atomic mass is 10.2. The van der Waals surface area contributed by atoms with Crippen molar-refractivity contribution >= 4 is 28.2 Å². The summed E-state index contributed by atoms with van der Waals surface area (Å²) in [6, 6.07) is 2.96. The number of aldehydes is 1. The van der Waals surface area contributed by atoms with Crippen molar-refractivity contribution < 1.29 is 21.9 Å². The smallest absolute Gasteiger partial charge is 0.298 e. The molecule has 1 fully saturated rings. The average Bonchev–Trinajstić information content (AvgIpc) is 2.71. The molecule has 1 aliphatic heterocycles. The van der Waals surface area contributed by atoms with Crippen LogP contribution in [0.3, 0.4) is 0 Å². The van der Waals surface area contributed by atoms with E-state index in [1.54, 1.807) is 0 Å². The van der Waals surface area contributed by atoms with E-state index in [9.17, 15) is 21.9 Å². The first-order valence-electron chi connectivity index (χ1n) is 5.07. The Labute approximate surface area is 103 Å². The molecule has 0 spiro atoms. The molecule has 2 heterocycles. The fourth-order valence-corrected chi connectivity index (χ4v) is 2.46. The lowest BCUT2D eigenvalue weighted by molar-refractivity contribution is -0.117. The van der Waals surface area contributed by atoms with E-state index in [-0.39, 0.29) is 17.9 Å². The van der Waals surface area contributed by atoms with Gasteiger partial charge in [0.2, 0.25) is 5.91 Å². The lowest BCUT2D eigenvalue weighted by Gasteiger charge is -2.16. The van der Waals surface area contributed by atoms with E-state index in [4.69, 9.17) is 0 Å². The second kappa shape index (κ2) is 4.45. The van der Waals surface area contributed by atoms with Crippen molar-refractivity contribution in [3.63, 3.8) is 0 Å². The molecule has 1 aromatic heterocycles. The number of carbonyl (C=O) groups excluding carboxylic acids is 2. The van der Waals surface area contributed by atoms with Crippen molar-refractivity contribution in [1.29, 1.82) is 0 Å². The van der Waals surface area contributed by atoms with E-state index >= 15 is 0 Å². The Morgan fingerprint density at radius 2 is 2.22 bits per heavy atom. The summed E-state index contributed by atoms with van der Waals surface area (Å²) < 4.78 is 34.4. The van der Waals surface area contributed by atoms with Gasteiger partial charge in [0.25, 0.3) is 0 Å². The molecular weight excluding hydrogens is 263 g/mol. The minimum absolute atomic E-state index is 0.0589. The zero-order valence-electron chi connectivity index (χ0n) is 9.11. The van der Waals surface area contributed by atoms with Crippen LogP contribution < -0.4 is 4.90 Å². The predicted molar refractivity (Wildman–Crippen MR) is 60.4 cm³/mol. The minimum Gasteiger partial charge on any atom is -0.298 e. The summed E-state index contributed by atoms with van der Waals surface area (Å²) in [6.07, 6.45) is 1.44. The van der Waals surface area contributed by atoms with Crippen molar-refractivity contribution in [1.82, 2.24) is 4.98 Å². The van der Waals surface area contributed by atoms with E-state index in [2.05, 4.69) is 4.98 Å². The highest BCUT2D eigenvalue weighted by molar-refractivity contribution is 7.87. The third-order valence-corrected chi connectivity index (χ3v) is 3.80. The second-order valence-corrected chi connectivity index (χ2v) is 5.46. The van der Waals surface area contributed by atoms with Gasteiger partial charge in [-0.05, 0) is 12.1 Å². The van der Waals surface area contributed by atoms with Crippen molar-refractivity contribution in [3.8, 4) is 0 Å². The number of pyridine rings is 1. The summed E-state index contributed by atoms with van der Waals surface area (Å²) in [5.74, 6) is -0.508. The highest BCUT2D eigenvalue weighted by Crippen LogP contribution is 2.26. The number of nitrogens with zero attached hydrogens (tertiary/aromatic N) is 2. The van der Waals surface area contributed by atoms with Gasteiger partial charge in [0.05, 0.1) is 5.56 Å². The summed E-state index contributed by atoms with van der Waals surface area (Å²) in [5.41, 5.74) is 0.155. The highest BCUT2D eigenvalue weighted by Gasteiger charge is 2.40. The molecule has 0 saturated carbocycles. The Bertz CT molecular complexity index is 602. The van der Waals surface area contributed by atoms with E-state index in [1.165, 1.54) is 18.3 Å². The molecule has 6 nitrogen and oxygen atoms in total. The van der Waals surface area contributed by atoms with Crippen LogP contribution in [0, 0.1) is 0 Å². The maximum atomic E-state index is 12.8. The van der Waals surface area contributed by atoms with E-state index < -0.39 is 27.8 Å². The van der Waals surface area contributed by atoms with Gasteiger partial charge in [-0.15, -0.1) is 3.89 Å². The molecule has 1 atom stereocenters. The lowest BCUT2D eigenvalue weighted by Crippen LogP contribution is -2.28. The zero-order valence-corrected chi connectivity index (χ0v) is 9.93. The maximum absolute atomic E-state index is 12.8. The topological polar surface area (TPSA) is 84.4 Å². The number of hydrogen-bond acceptors (Lipinski definition) is 5. The van der Waals surface area contributed by atoms with E-state index in [0.29, 0.717) is 6.29 Å². The third-order valence-electron chi connectivity index (χ3n) is 2.69. The molecule has 0 aliphatic carbocycles. The van der Waals surface area contributed by atoms with Gasteiger partial charge in [0, 0.05) is 19.2 Å². The fraction of sp³-hybridized carbons (Fsp3) is 0.300. The molecule has 2 rings (SSSR count). The van der Waals surface area contributed by atoms with Crippen LogP contribution in [-0.4, -0.2) is 37.4 Å². The number of hydrogen-bond donors (Lipinski definition) is 0. The number of carbonyl (C=O) groups is 2. The van der Waals surface area contributed by atoms with Crippen molar-refractivity contribution in [2.45, 2.75) is 11.7 Å². The van der Waals surface area contributed by atoms with Crippen LogP contribution in [0.4, 0.5) is 9.70 Å². The zero-order chi connectivity index (χ0) is 13.3. The maximum Gasteiger partial charge on any atom is 0.307 e. The molecule has 18 heavy (non-hydrogen) atoms. The number of amides is 1. The van der Waals surface area contributed by atoms with Gasteiger partial charge in [-0.2, -0.15) is 8.42 Å². The first-order valence-corrected chi connectivity index (χ1v) is 6.52. The second-order valence-electron chi connectivity index (χ2n) is 3.84. The minimum atomic E-state index is -4.77. The number of anilines is 1. The standard InChI is InChI=1S/C10H9FN2O4S/c11-18(16,17)8-4-9(15)13(5-8)10-7(6-14)2-1-3-12-10/h1-3,6,8H,4-5H2. The molecular formula is C10H9FN2O4S. The summed E-state index contributed by atoms with van der Waals surface area (Å²) in [4.78, 5) is 27.3. The van der Waals surface area contributed by atoms with Crippen LogP contribution in [0.25, 0.3) is 0 Å². The van der Waals surface area contributed by atoms with Gasteiger partial charge in [-0.25, -0.2) is 4.98 Å². The monoisotopic (exact) mass is 272 g/mol. The Morgan fingerprint density at radius 3 is 2.78 bits per heavy atom. The van der Waals surface area contributed by atoms with Crippen LogP contribution in [0.15, 0.2) is 18.3 Å². The van der Waals surface area contributed by atoms with Gasteiger partial charge < -0.3 is 0 Å². The van der Waals surface area contributed by atoms with Crippen LogP contribution in [-0.2, 0) is 15.0 Å². The molecule has 8 heteroatoms. The highest BCUT2D eigenvalue weighted by atomic mass is 32.3. The molecule has 0 N–H and O–H groups in total. The summed E-state index contributed by atoms with van der Waals surface area (Å²) in [7, 11) is -4.77. The summed E-state index contributed by atoms with van der Waals surface area (Å²) in [6.45, 7) is -0.324. The van der Waals surface area contributed by atoms with Gasteiger partial charge in [0.15, 0.2) is 6.29 Å². The van der Waals surface area contributed by atoms with Crippen LogP contribution >= 0.6 is 0 Å². The molecule has 0 radical (unpaired) electrons. The quantitative estimate of drug-likeness (QED) is 0.583. The molecule has 1 amide bonds. The molecule has 1 aromatic rings. The number of halogens is 1. The van der Waals surface area contributed by atoms with E-state index in [1.807, 2.05) is 0 Å². The largest absolute Gasteiger partial charge is 0.307 e. The van der Waals surface area contributed by atoms with Crippen LogP contribution in [0.1, 0.15) is 16.8 Å². The molecule has 1 saturated heterocycles. The van der Waals surface area contributed by atoms with Crippen LogP contribution in [0.5, 0.6) is 0 Å². The first kappa shape index (κ1) is 12.6. The van der Waals surface area contributed by atoms with Crippen molar-refractivity contribution in [3.05, 3.63) is 23.9 Å². The molecule has 1 aliphatic rings. The first-order chi connectivity index (χ1) is 8.43.